The second-order valence-corrected chi connectivity index (χ2v) is 6.63. The lowest BCUT2D eigenvalue weighted by Crippen LogP contribution is -2.30. The van der Waals surface area contributed by atoms with Crippen LogP contribution in [0.2, 0.25) is 0 Å². The summed E-state index contributed by atoms with van der Waals surface area (Å²) in [5.41, 5.74) is 3.02. The summed E-state index contributed by atoms with van der Waals surface area (Å²) in [7, 11) is 0. The number of Topliss-reactive ketones (excluding diaryl/α,β-unsaturated/α-hetero) is 1. The summed E-state index contributed by atoms with van der Waals surface area (Å²) in [5, 5.41) is 2.64. The van der Waals surface area contributed by atoms with Crippen LogP contribution in [0.5, 0.6) is 5.75 Å². The number of carbonyl (C=O) groups excluding carboxylic acids is 3. The second kappa shape index (κ2) is 9.69. The molecule has 28 heavy (non-hydrogen) atoms. The molecule has 0 unspecified atom stereocenters. The van der Waals surface area contributed by atoms with E-state index in [1.807, 2.05) is 32.0 Å². The molecular formula is C22H25NO5. The molecule has 6 nitrogen and oxygen atoms in total. The summed E-state index contributed by atoms with van der Waals surface area (Å²) >= 11 is 0. The smallest absolute Gasteiger partial charge is 0.310 e. The minimum atomic E-state index is -0.964. The fourth-order valence-corrected chi connectivity index (χ4v) is 2.48. The molecule has 2 aromatic rings. The number of ether oxygens (including phenoxy) is 2. The minimum Gasteiger partial charge on any atom is -0.493 e. The number of carbonyl (C=O) groups is 3. The van der Waals surface area contributed by atoms with Gasteiger partial charge in [0.15, 0.2) is 11.9 Å². The van der Waals surface area contributed by atoms with Crippen molar-refractivity contribution in [2.75, 3.05) is 11.9 Å². The lowest BCUT2D eigenvalue weighted by atomic mass is 10.1. The Morgan fingerprint density at radius 2 is 1.82 bits per heavy atom. The normalized spacial score (nSPS) is 11.4. The van der Waals surface area contributed by atoms with Gasteiger partial charge in [-0.3, -0.25) is 14.4 Å². The number of aryl methyl sites for hydroxylation is 2. The number of ketones is 1. The standard InChI is InChI=1S/C22H25NO5/c1-14-8-9-15(2)20(12-14)27-11-10-21(25)28-17(4)22(26)23-19-7-5-6-18(13-19)16(3)24/h5-9,12-13,17H,10-11H2,1-4H3,(H,23,26)/t17-/m1/s1. The van der Waals surface area contributed by atoms with Gasteiger partial charge >= 0.3 is 5.97 Å². The fourth-order valence-electron chi connectivity index (χ4n) is 2.48. The second-order valence-electron chi connectivity index (χ2n) is 6.63. The summed E-state index contributed by atoms with van der Waals surface area (Å²) in [4.78, 5) is 35.6. The third-order valence-electron chi connectivity index (χ3n) is 4.12. The number of amides is 1. The molecule has 0 fully saturated rings. The topological polar surface area (TPSA) is 81.7 Å². The van der Waals surface area contributed by atoms with Gasteiger partial charge in [-0.15, -0.1) is 0 Å². The van der Waals surface area contributed by atoms with Crippen LogP contribution in [-0.4, -0.2) is 30.4 Å². The van der Waals surface area contributed by atoms with E-state index in [1.54, 1.807) is 24.3 Å². The summed E-state index contributed by atoms with van der Waals surface area (Å²) in [6.45, 7) is 7.00. The average molecular weight is 383 g/mol. The van der Waals surface area contributed by atoms with Gasteiger partial charge in [0.25, 0.3) is 5.91 Å². The summed E-state index contributed by atoms with van der Waals surface area (Å²) in [5.74, 6) is -0.363. The van der Waals surface area contributed by atoms with Crippen LogP contribution in [0.3, 0.4) is 0 Å². The molecule has 2 rings (SSSR count). The van der Waals surface area contributed by atoms with Gasteiger partial charge in [0.1, 0.15) is 5.75 Å². The maximum Gasteiger partial charge on any atom is 0.310 e. The number of hydrogen-bond donors (Lipinski definition) is 1. The zero-order chi connectivity index (χ0) is 20.7. The summed E-state index contributed by atoms with van der Waals surface area (Å²) in [6.07, 6.45) is -0.931. The predicted octanol–water partition coefficient (Wildman–Crippen LogP) is 3.85. The maximum atomic E-state index is 12.2. The van der Waals surface area contributed by atoms with Gasteiger partial charge in [-0.1, -0.05) is 24.3 Å². The molecule has 1 amide bonds. The number of benzene rings is 2. The molecule has 0 aliphatic carbocycles. The SMILES string of the molecule is CC(=O)c1cccc(NC(=O)[C@@H](C)OC(=O)CCOc2cc(C)ccc2C)c1. The highest BCUT2D eigenvalue weighted by atomic mass is 16.5. The van der Waals surface area contributed by atoms with Gasteiger partial charge in [0.2, 0.25) is 0 Å². The first kappa shape index (κ1) is 21.2. The van der Waals surface area contributed by atoms with Gasteiger partial charge < -0.3 is 14.8 Å². The number of rotatable bonds is 8. The molecule has 1 atom stereocenters. The third-order valence-corrected chi connectivity index (χ3v) is 4.12. The molecule has 0 heterocycles. The highest BCUT2D eigenvalue weighted by Gasteiger charge is 2.18. The van der Waals surface area contributed by atoms with Crippen LogP contribution >= 0.6 is 0 Å². The molecule has 148 valence electrons. The fraction of sp³-hybridized carbons (Fsp3) is 0.318. The van der Waals surface area contributed by atoms with Crippen molar-refractivity contribution >= 4 is 23.3 Å². The van der Waals surface area contributed by atoms with E-state index in [-0.39, 0.29) is 18.8 Å². The quantitative estimate of drug-likeness (QED) is 0.553. The predicted molar refractivity (Wildman–Crippen MR) is 107 cm³/mol. The van der Waals surface area contributed by atoms with Gasteiger partial charge in [0.05, 0.1) is 13.0 Å². The van der Waals surface area contributed by atoms with Crippen LogP contribution in [0.15, 0.2) is 42.5 Å². The van der Waals surface area contributed by atoms with Gasteiger partial charge in [-0.05, 0) is 57.0 Å². The average Bonchev–Trinajstić information content (AvgIpc) is 2.64. The van der Waals surface area contributed by atoms with E-state index in [2.05, 4.69) is 5.32 Å². The molecule has 0 saturated heterocycles. The van der Waals surface area contributed by atoms with E-state index in [0.29, 0.717) is 11.3 Å². The van der Waals surface area contributed by atoms with Crippen molar-refractivity contribution in [3.8, 4) is 5.75 Å². The van der Waals surface area contributed by atoms with Crippen LogP contribution < -0.4 is 10.1 Å². The lowest BCUT2D eigenvalue weighted by molar-refractivity contribution is -0.153. The van der Waals surface area contributed by atoms with E-state index in [1.165, 1.54) is 13.8 Å². The highest BCUT2D eigenvalue weighted by Crippen LogP contribution is 2.19. The van der Waals surface area contributed by atoms with Crippen molar-refractivity contribution in [2.45, 2.75) is 40.2 Å². The van der Waals surface area contributed by atoms with Crippen LogP contribution in [-0.2, 0) is 14.3 Å². The van der Waals surface area contributed by atoms with Crippen LogP contribution in [0.25, 0.3) is 0 Å². The third kappa shape index (κ3) is 6.23. The Hall–Kier alpha value is -3.15. The molecule has 0 aromatic heterocycles. The van der Waals surface area contributed by atoms with Gasteiger partial charge in [-0.2, -0.15) is 0 Å². The van der Waals surface area contributed by atoms with Gasteiger partial charge in [-0.25, -0.2) is 0 Å². The molecule has 1 N–H and O–H groups in total. The number of nitrogens with one attached hydrogen (secondary N) is 1. The van der Waals surface area contributed by atoms with E-state index in [9.17, 15) is 14.4 Å². The Balaban J connectivity index is 1.81. The van der Waals surface area contributed by atoms with Gasteiger partial charge in [0, 0.05) is 11.3 Å². The first-order valence-corrected chi connectivity index (χ1v) is 9.07. The Bertz CT molecular complexity index is 875. The molecule has 0 aliphatic rings. The van der Waals surface area contributed by atoms with Crippen molar-refractivity contribution in [1.29, 1.82) is 0 Å². The van der Waals surface area contributed by atoms with E-state index in [4.69, 9.17) is 9.47 Å². The number of anilines is 1. The van der Waals surface area contributed by atoms with Crippen LogP contribution in [0.4, 0.5) is 5.69 Å². The van der Waals surface area contributed by atoms with Crippen molar-refractivity contribution in [2.24, 2.45) is 0 Å². The molecule has 0 bridgehead atoms. The van der Waals surface area contributed by atoms with Crippen molar-refractivity contribution in [1.82, 2.24) is 0 Å². The van der Waals surface area contributed by atoms with E-state index >= 15 is 0 Å². The lowest BCUT2D eigenvalue weighted by Gasteiger charge is -2.14. The van der Waals surface area contributed by atoms with Crippen molar-refractivity contribution < 1.29 is 23.9 Å². The zero-order valence-corrected chi connectivity index (χ0v) is 16.6. The summed E-state index contributed by atoms with van der Waals surface area (Å²) in [6, 6.07) is 12.4. The first-order chi connectivity index (χ1) is 13.3. The Kier molecular flexibility index (Phi) is 7.32. The molecule has 6 heteroatoms. The largest absolute Gasteiger partial charge is 0.493 e. The van der Waals surface area contributed by atoms with E-state index in [0.717, 1.165) is 16.9 Å². The molecule has 0 radical (unpaired) electrons. The number of esters is 1. The molecule has 2 aromatic carbocycles. The zero-order valence-electron chi connectivity index (χ0n) is 16.6. The maximum absolute atomic E-state index is 12.2. The van der Waals surface area contributed by atoms with Crippen LogP contribution in [0.1, 0.15) is 41.8 Å². The first-order valence-electron chi connectivity index (χ1n) is 9.07. The molecule has 0 saturated carbocycles. The van der Waals surface area contributed by atoms with Crippen molar-refractivity contribution in [3.63, 3.8) is 0 Å². The highest BCUT2D eigenvalue weighted by molar-refractivity contribution is 5.98. The van der Waals surface area contributed by atoms with E-state index < -0.39 is 18.0 Å². The monoisotopic (exact) mass is 383 g/mol. The molecule has 0 aliphatic heterocycles. The Labute approximate surface area is 164 Å². The Morgan fingerprint density at radius 1 is 1.07 bits per heavy atom. The summed E-state index contributed by atoms with van der Waals surface area (Å²) < 4.78 is 10.8. The van der Waals surface area contributed by atoms with Crippen LogP contribution in [0, 0.1) is 13.8 Å². The minimum absolute atomic E-state index is 0.0326. The Morgan fingerprint density at radius 3 is 2.54 bits per heavy atom. The molecule has 0 spiro atoms. The van der Waals surface area contributed by atoms with Crippen molar-refractivity contribution in [3.05, 3.63) is 59.2 Å². The number of hydrogen-bond acceptors (Lipinski definition) is 5. The molecular weight excluding hydrogens is 358 g/mol.